The third-order valence-electron chi connectivity index (χ3n) is 1.62. The minimum absolute atomic E-state index is 0. The molecule has 0 radical (unpaired) electrons. The molecule has 0 spiro atoms. The number of ether oxygens (including phenoxy) is 1. The number of hydrogen-bond acceptors (Lipinski definition) is 3. The van der Waals surface area contributed by atoms with Gasteiger partial charge in [0.1, 0.15) is 0 Å². The van der Waals surface area contributed by atoms with E-state index < -0.39 is 5.97 Å². The van der Waals surface area contributed by atoms with Crippen LogP contribution in [0.2, 0.25) is 0 Å². The molecule has 4 nitrogen and oxygen atoms in total. The summed E-state index contributed by atoms with van der Waals surface area (Å²) in [5.74, 6) is -0.672. The third-order valence-corrected chi connectivity index (χ3v) is 1.62. The number of carboxylic acids is 1. The minimum Gasteiger partial charge on any atom is -0.504 e. The summed E-state index contributed by atoms with van der Waals surface area (Å²) in [7, 11) is 1.43. The van der Waals surface area contributed by atoms with E-state index in [0.717, 1.165) is 6.08 Å². The zero-order valence-corrected chi connectivity index (χ0v) is 9.66. The topological polar surface area (TPSA) is 66.8 Å². The van der Waals surface area contributed by atoms with Crippen molar-refractivity contribution >= 4 is 12.0 Å². The molecule has 1 aromatic rings. The molecule has 0 saturated carbocycles. The second-order valence-corrected chi connectivity index (χ2v) is 2.60. The van der Waals surface area contributed by atoms with E-state index in [1.807, 2.05) is 0 Å². The molecule has 0 aliphatic carbocycles. The second-order valence-electron chi connectivity index (χ2n) is 2.60. The fraction of sp³-hybridized carbons (Fsp3) is 0.100. The average Bonchev–Trinajstić information content (AvgIpc) is 2.16. The first kappa shape index (κ1) is 13.7. The molecule has 0 unspecified atom stereocenters. The Bertz CT molecular complexity index is 374. The van der Waals surface area contributed by atoms with Gasteiger partial charge >= 0.3 is 5.97 Å². The molecule has 0 saturated heterocycles. The Morgan fingerprint density at radius 3 is 2.67 bits per heavy atom. The third kappa shape index (κ3) is 4.19. The smallest absolute Gasteiger partial charge is 0.328 e. The van der Waals surface area contributed by atoms with Crippen molar-refractivity contribution in [2.24, 2.45) is 0 Å². The normalized spacial score (nSPS) is 9.67. The number of aliphatic carboxylic acids is 1. The number of rotatable bonds is 3. The van der Waals surface area contributed by atoms with Crippen molar-refractivity contribution in [3.63, 3.8) is 0 Å². The van der Waals surface area contributed by atoms with E-state index in [2.05, 4.69) is 0 Å². The summed E-state index contributed by atoms with van der Waals surface area (Å²) in [4.78, 5) is 10.2. The summed E-state index contributed by atoms with van der Waals surface area (Å²) >= 11 is 0. The first-order chi connectivity index (χ1) is 6.63. The van der Waals surface area contributed by atoms with E-state index in [-0.39, 0.29) is 27.5 Å². The van der Waals surface area contributed by atoms with Crippen molar-refractivity contribution in [1.29, 1.82) is 0 Å². The van der Waals surface area contributed by atoms with Crippen LogP contribution in [0.25, 0.3) is 6.08 Å². The number of carbonyl (C=O) groups is 1. The van der Waals surface area contributed by atoms with Crippen LogP contribution >= 0.6 is 0 Å². The van der Waals surface area contributed by atoms with Gasteiger partial charge in [0.25, 0.3) is 0 Å². The van der Waals surface area contributed by atoms with Crippen LogP contribution in [0.3, 0.4) is 0 Å². The number of carboxylic acid groups (broad SMARTS) is 1. The van der Waals surface area contributed by atoms with E-state index in [1.165, 1.54) is 19.3 Å². The van der Waals surface area contributed by atoms with Crippen molar-refractivity contribution in [2.45, 2.75) is 0 Å². The average molecular weight is 242 g/mol. The summed E-state index contributed by atoms with van der Waals surface area (Å²) in [6.07, 6.45) is 2.44. The Kier molecular flexibility index (Phi) is 5.74. The standard InChI is InChI=1S/C10H10O4.Ti/c1-14-9-6-7(2-4-8(9)11)3-5-10(12)13;/h2-6,11H,1H3,(H,12,13);. The molecular weight excluding hydrogens is 232 g/mol. The van der Waals surface area contributed by atoms with Gasteiger partial charge in [0, 0.05) is 27.8 Å². The molecule has 15 heavy (non-hydrogen) atoms. The number of hydrogen-bond donors (Lipinski definition) is 2. The van der Waals surface area contributed by atoms with Crippen LogP contribution in [0.5, 0.6) is 11.5 Å². The van der Waals surface area contributed by atoms with Crippen molar-refractivity contribution in [1.82, 2.24) is 0 Å². The van der Waals surface area contributed by atoms with Gasteiger partial charge in [-0.3, -0.25) is 0 Å². The number of phenolic OH excluding ortho intramolecular Hbond substituents is 1. The van der Waals surface area contributed by atoms with Crippen LogP contribution in [-0.2, 0) is 26.5 Å². The zero-order valence-electron chi connectivity index (χ0n) is 8.10. The number of methoxy groups -OCH3 is 1. The Balaban J connectivity index is 0.00000196. The molecule has 0 heterocycles. The second kappa shape index (κ2) is 6.27. The fourth-order valence-corrected chi connectivity index (χ4v) is 0.965. The first-order valence-corrected chi connectivity index (χ1v) is 3.91. The van der Waals surface area contributed by atoms with E-state index >= 15 is 0 Å². The van der Waals surface area contributed by atoms with Crippen molar-refractivity contribution in [3.8, 4) is 11.5 Å². The molecular formula is C10H10O4Ti. The van der Waals surface area contributed by atoms with Crippen molar-refractivity contribution < 1.29 is 41.5 Å². The maximum absolute atomic E-state index is 10.2. The summed E-state index contributed by atoms with van der Waals surface area (Å²) in [5.41, 5.74) is 0.655. The predicted octanol–water partition coefficient (Wildman–Crippen LogP) is 1.50. The van der Waals surface area contributed by atoms with Crippen LogP contribution in [-0.4, -0.2) is 23.3 Å². The molecule has 0 aliphatic rings. The van der Waals surface area contributed by atoms with Gasteiger partial charge in [-0.2, -0.15) is 0 Å². The van der Waals surface area contributed by atoms with Crippen molar-refractivity contribution in [3.05, 3.63) is 29.8 Å². The largest absolute Gasteiger partial charge is 0.504 e. The summed E-state index contributed by atoms with van der Waals surface area (Å²) in [5, 5.41) is 17.6. The van der Waals surface area contributed by atoms with Gasteiger partial charge in [-0.1, -0.05) is 6.07 Å². The number of phenols is 1. The molecule has 0 atom stereocenters. The molecule has 0 amide bonds. The van der Waals surface area contributed by atoms with E-state index in [1.54, 1.807) is 12.1 Å². The van der Waals surface area contributed by atoms with Crippen molar-refractivity contribution in [2.75, 3.05) is 7.11 Å². The van der Waals surface area contributed by atoms with Gasteiger partial charge in [-0.15, -0.1) is 0 Å². The van der Waals surface area contributed by atoms with Gasteiger partial charge in [0.15, 0.2) is 11.5 Å². The van der Waals surface area contributed by atoms with E-state index in [4.69, 9.17) is 9.84 Å². The maximum Gasteiger partial charge on any atom is 0.328 e. The molecule has 2 N–H and O–H groups in total. The quantitative estimate of drug-likeness (QED) is 0.622. The Hall–Kier alpha value is -1.26. The van der Waals surface area contributed by atoms with Crippen LogP contribution in [0.4, 0.5) is 0 Å². The molecule has 0 bridgehead atoms. The molecule has 0 aliphatic heterocycles. The molecule has 0 fully saturated rings. The Morgan fingerprint density at radius 1 is 1.47 bits per heavy atom. The van der Waals surface area contributed by atoms with Gasteiger partial charge in [0.2, 0.25) is 0 Å². The summed E-state index contributed by atoms with van der Waals surface area (Å²) in [6.45, 7) is 0. The van der Waals surface area contributed by atoms with Gasteiger partial charge < -0.3 is 14.9 Å². The SMILES string of the molecule is COc1cc(C=CC(=O)O)ccc1O.[Ti]. The van der Waals surface area contributed by atoms with Crippen LogP contribution < -0.4 is 4.74 Å². The molecule has 78 valence electrons. The van der Waals surface area contributed by atoms with Crippen LogP contribution in [0.1, 0.15) is 5.56 Å². The fourth-order valence-electron chi connectivity index (χ4n) is 0.965. The molecule has 5 heteroatoms. The molecule has 1 rings (SSSR count). The minimum atomic E-state index is -1.02. The predicted molar refractivity (Wildman–Crippen MR) is 51.3 cm³/mol. The summed E-state index contributed by atoms with van der Waals surface area (Å²) < 4.78 is 4.86. The zero-order chi connectivity index (χ0) is 10.6. The Labute approximate surface area is 102 Å². The summed E-state index contributed by atoms with van der Waals surface area (Å²) in [6, 6.07) is 4.59. The molecule has 0 aromatic heterocycles. The maximum atomic E-state index is 10.2. The van der Waals surface area contributed by atoms with Gasteiger partial charge in [-0.25, -0.2) is 4.79 Å². The van der Waals surface area contributed by atoms with Crippen LogP contribution in [0.15, 0.2) is 24.3 Å². The monoisotopic (exact) mass is 242 g/mol. The Morgan fingerprint density at radius 2 is 2.13 bits per heavy atom. The number of aromatic hydroxyl groups is 1. The van der Waals surface area contributed by atoms with Crippen LogP contribution in [0, 0.1) is 0 Å². The van der Waals surface area contributed by atoms with Gasteiger partial charge in [0.05, 0.1) is 7.11 Å². The van der Waals surface area contributed by atoms with E-state index in [9.17, 15) is 9.90 Å². The van der Waals surface area contributed by atoms with E-state index in [0.29, 0.717) is 11.3 Å². The first-order valence-electron chi connectivity index (χ1n) is 3.91. The number of benzene rings is 1. The van der Waals surface area contributed by atoms with Gasteiger partial charge in [-0.05, 0) is 23.8 Å². The molecule has 1 aromatic carbocycles.